The minimum atomic E-state index is -3.42. The molecule has 1 aliphatic rings. The summed E-state index contributed by atoms with van der Waals surface area (Å²) in [7, 11) is -3.42. The number of thiophene rings is 1. The molecule has 26 heavy (non-hydrogen) atoms. The Hall–Kier alpha value is -1.70. The van der Waals surface area contributed by atoms with Crippen LogP contribution in [0.3, 0.4) is 0 Å². The highest BCUT2D eigenvalue weighted by atomic mass is 32.2. The van der Waals surface area contributed by atoms with Gasteiger partial charge in [-0.25, -0.2) is 8.42 Å². The summed E-state index contributed by atoms with van der Waals surface area (Å²) < 4.78 is 27.0. The van der Waals surface area contributed by atoms with Gasteiger partial charge in [-0.05, 0) is 36.3 Å². The van der Waals surface area contributed by atoms with Crippen molar-refractivity contribution in [2.24, 2.45) is 5.92 Å². The number of rotatable bonds is 6. The van der Waals surface area contributed by atoms with Gasteiger partial charge in [0.15, 0.2) is 0 Å². The lowest BCUT2D eigenvalue weighted by molar-refractivity contribution is -0.126. The van der Waals surface area contributed by atoms with Gasteiger partial charge in [0.2, 0.25) is 5.91 Å². The van der Waals surface area contributed by atoms with Crippen molar-refractivity contribution in [3.8, 4) is 0 Å². The fourth-order valence-corrected chi connectivity index (χ4v) is 5.91. The van der Waals surface area contributed by atoms with Crippen LogP contribution in [0.15, 0.2) is 52.1 Å². The summed E-state index contributed by atoms with van der Waals surface area (Å²) >= 11 is 1.23. The van der Waals surface area contributed by atoms with Gasteiger partial charge in [-0.3, -0.25) is 4.79 Å². The topological polar surface area (TPSA) is 66.5 Å². The molecule has 140 valence electrons. The molecule has 1 aromatic carbocycles. The molecule has 0 spiro atoms. The van der Waals surface area contributed by atoms with Crippen molar-refractivity contribution in [1.29, 1.82) is 0 Å². The van der Waals surface area contributed by atoms with E-state index < -0.39 is 10.0 Å². The predicted octanol–water partition coefficient (Wildman–Crippen LogP) is 3.42. The molecule has 0 aliphatic carbocycles. The van der Waals surface area contributed by atoms with Crippen molar-refractivity contribution in [1.82, 2.24) is 9.62 Å². The number of nitrogens with zero attached hydrogens (tertiary/aromatic N) is 1. The molecule has 1 aromatic heterocycles. The summed E-state index contributed by atoms with van der Waals surface area (Å²) in [6.45, 7) is 2.83. The first kappa shape index (κ1) is 19.1. The number of benzene rings is 1. The van der Waals surface area contributed by atoms with Gasteiger partial charge in [-0.1, -0.05) is 43.3 Å². The third kappa shape index (κ3) is 4.16. The molecule has 5 nitrogen and oxygen atoms in total. The van der Waals surface area contributed by atoms with Gasteiger partial charge >= 0.3 is 0 Å². The summed E-state index contributed by atoms with van der Waals surface area (Å²) in [5.74, 6) is -0.114. The van der Waals surface area contributed by atoms with Crippen LogP contribution in [-0.2, 0) is 14.8 Å². The van der Waals surface area contributed by atoms with Crippen molar-refractivity contribution in [2.45, 2.75) is 36.4 Å². The van der Waals surface area contributed by atoms with Crippen LogP contribution in [0, 0.1) is 5.92 Å². The quantitative estimate of drug-likeness (QED) is 0.819. The highest BCUT2D eigenvalue weighted by Crippen LogP contribution is 2.27. The molecule has 0 bridgehead atoms. The van der Waals surface area contributed by atoms with Crippen LogP contribution in [-0.4, -0.2) is 31.7 Å². The first-order chi connectivity index (χ1) is 12.5. The molecule has 1 amide bonds. The largest absolute Gasteiger partial charge is 0.349 e. The summed E-state index contributed by atoms with van der Waals surface area (Å²) in [6, 6.07) is 13.3. The van der Waals surface area contributed by atoms with Gasteiger partial charge < -0.3 is 5.32 Å². The third-order valence-corrected chi connectivity index (χ3v) is 8.11. The summed E-state index contributed by atoms with van der Waals surface area (Å²) in [4.78, 5) is 12.6. The fourth-order valence-electron chi connectivity index (χ4n) is 3.29. The van der Waals surface area contributed by atoms with E-state index in [4.69, 9.17) is 0 Å². The second-order valence-corrected chi connectivity index (χ2v) is 9.60. The van der Waals surface area contributed by atoms with Crippen molar-refractivity contribution >= 4 is 27.3 Å². The molecule has 0 saturated carbocycles. The van der Waals surface area contributed by atoms with Gasteiger partial charge in [0.1, 0.15) is 4.21 Å². The maximum atomic E-state index is 12.6. The third-order valence-electron chi connectivity index (χ3n) is 4.84. The van der Waals surface area contributed by atoms with E-state index in [1.165, 1.54) is 15.6 Å². The Morgan fingerprint density at radius 3 is 2.46 bits per heavy atom. The average Bonchev–Trinajstić information content (AvgIpc) is 3.22. The standard InChI is InChI=1S/C19H24N2O3S2/c1-2-17(15-7-4-3-5-8-15)20-19(22)16-10-12-21(13-11-16)26(23,24)18-9-6-14-25-18/h3-9,14,16-17H,2,10-13H2,1H3,(H,20,22). The second-order valence-electron chi connectivity index (χ2n) is 6.49. The number of carbonyl (C=O) groups excluding carboxylic acids is 1. The van der Waals surface area contributed by atoms with Gasteiger partial charge in [0, 0.05) is 19.0 Å². The highest BCUT2D eigenvalue weighted by molar-refractivity contribution is 7.91. The first-order valence-corrected chi connectivity index (χ1v) is 11.2. The van der Waals surface area contributed by atoms with E-state index >= 15 is 0 Å². The Labute approximate surface area is 159 Å². The van der Waals surface area contributed by atoms with Crippen molar-refractivity contribution in [3.05, 3.63) is 53.4 Å². The van der Waals surface area contributed by atoms with Gasteiger partial charge in [-0.15, -0.1) is 11.3 Å². The van der Waals surface area contributed by atoms with Crippen molar-refractivity contribution in [2.75, 3.05) is 13.1 Å². The maximum absolute atomic E-state index is 12.6. The van der Waals surface area contributed by atoms with E-state index in [-0.39, 0.29) is 17.9 Å². The van der Waals surface area contributed by atoms with Crippen LogP contribution < -0.4 is 5.32 Å². The molecule has 7 heteroatoms. The van der Waals surface area contributed by atoms with Crippen LogP contribution >= 0.6 is 11.3 Å². The van der Waals surface area contributed by atoms with Crippen LogP contribution in [0.4, 0.5) is 0 Å². The number of sulfonamides is 1. The molecule has 1 saturated heterocycles. The van der Waals surface area contributed by atoms with Crippen LogP contribution in [0.5, 0.6) is 0 Å². The molecular weight excluding hydrogens is 368 g/mol. The number of hydrogen-bond acceptors (Lipinski definition) is 4. The highest BCUT2D eigenvalue weighted by Gasteiger charge is 2.33. The first-order valence-electron chi connectivity index (χ1n) is 8.91. The summed E-state index contributed by atoms with van der Waals surface area (Å²) in [6.07, 6.45) is 1.94. The normalized spacial score (nSPS) is 17.7. The zero-order chi connectivity index (χ0) is 18.6. The Kier molecular flexibility index (Phi) is 6.11. The van der Waals surface area contributed by atoms with Crippen LogP contribution in [0.1, 0.15) is 37.8 Å². The van der Waals surface area contributed by atoms with E-state index in [0.717, 1.165) is 12.0 Å². The minimum absolute atomic E-state index is 0.00317. The molecular formula is C19H24N2O3S2. The van der Waals surface area contributed by atoms with E-state index in [2.05, 4.69) is 5.32 Å². The molecule has 1 atom stereocenters. The van der Waals surface area contributed by atoms with E-state index in [9.17, 15) is 13.2 Å². The molecule has 2 heterocycles. The predicted molar refractivity (Wildman–Crippen MR) is 103 cm³/mol. The van der Waals surface area contributed by atoms with E-state index in [1.807, 2.05) is 37.3 Å². The molecule has 1 N–H and O–H groups in total. The van der Waals surface area contributed by atoms with Gasteiger partial charge in [-0.2, -0.15) is 4.31 Å². The Bertz CT molecular complexity index is 812. The summed E-state index contributed by atoms with van der Waals surface area (Å²) in [5, 5.41) is 4.89. The van der Waals surface area contributed by atoms with Crippen LogP contribution in [0.25, 0.3) is 0 Å². The number of piperidine rings is 1. The van der Waals surface area contributed by atoms with Gasteiger partial charge in [0.25, 0.3) is 10.0 Å². The fraction of sp³-hybridized carbons (Fsp3) is 0.421. The maximum Gasteiger partial charge on any atom is 0.252 e. The lowest BCUT2D eigenvalue weighted by Gasteiger charge is -2.31. The lowest BCUT2D eigenvalue weighted by Crippen LogP contribution is -2.43. The zero-order valence-electron chi connectivity index (χ0n) is 14.8. The summed E-state index contributed by atoms with van der Waals surface area (Å²) in [5.41, 5.74) is 1.10. The Morgan fingerprint density at radius 2 is 1.88 bits per heavy atom. The minimum Gasteiger partial charge on any atom is -0.349 e. The molecule has 2 aromatic rings. The molecule has 3 rings (SSSR count). The molecule has 1 aliphatic heterocycles. The molecule has 1 unspecified atom stereocenters. The lowest BCUT2D eigenvalue weighted by atomic mass is 9.96. The second kappa shape index (κ2) is 8.33. The number of carbonyl (C=O) groups is 1. The van der Waals surface area contributed by atoms with E-state index in [1.54, 1.807) is 17.5 Å². The Balaban J connectivity index is 1.58. The number of hydrogen-bond donors (Lipinski definition) is 1. The number of nitrogens with one attached hydrogen (secondary N) is 1. The molecule has 1 fully saturated rings. The Morgan fingerprint density at radius 1 is 1.19 bits per heavy atom. The van der Waals surface area contributed by atoms with Crippen LogP contribution in [0.2, 0.25) is 0 Å². The number of amides is 1. The zero-order valence-corrected chi connectivity index (χ0v) is 16.4. The molecule has 0 radical (unpaired) electrons. The van der Waals surface area contributed by atoms with Crippen molar-refractivity contribution < 1.29 is 13.2 Å². The van der Waals surface area contributed by atoms with Gasteiger partial charge in [0.05, 0.1) is 6.04 Å². The average molecular weight is 393 g/mol. The smallest absolute Gasteiger partial charge is 0.252 e. The monoisotopic (exact) mass is 392 g/mol. The SMILES string of the molecule is CCC(NC(=O)C1CCN(S(=O)(=O)c2cccs2)CC1)c1ccccc1. The van der Waals surface area contributed by atoms with E-state index in [0.29, 0.717) is 30.1 Å². The van der Waals surface area contributed by atoms with Crippen molar-refractivity contribution in [3.63, 3.8) is 0 Å².